The molecule has 1 aliphatic rings. The second-order valence-electron chi connectivity index (χ2n) is 6.27. The molecule has 1 amide bonds. The van der Waals surface area contributed by atoms with Crippen molar-refractivity contribution in [2.75, 3.05) is 7.11 Å². The first-order chi connectivity index (χ1) is 13.3. The number of ether oxygens (including phenoxy) is 3. The Balaban J connectivity index is 1.96. The number of nitrogens with one attached hydrogen (secondary N) is 1. The van der Waals surface area contributed by atoms with Gasteiger partial charge in [0.15, 0.2) is 5.60 Å². The minimum atomic E-state index is -1.49. The molecule has 0 fully saturated rings. The molecule has 2 aromatic rings. The highest BCUT2D eigenvalue weighted by atomic mass is 16.6. The lowest BCUT2D eigenvalue weighted by Gasteiger charge is -2.24. The van der Waals surface area contributed by atoms with Gasteiger partial charge in [-0.1, -0.05) is 30.3 Å². The van der Waals surface area contributed by atoms with Crippen LogP contribution in [0.3, 0.4) is 0 Å². The number of benzene rings is 2. The van der Waals surface area contributed by atoms with Gasteiger partial charge in [-0.2, -0.15) is 0 Å². The molecule has 144 valence electrons. The topological polar surface area (TPSA) is 90.9 Å². The summed E-state index contributed by atoms with van der Waals surface area (Å²) in [6.07, 6.45) is 0. The van der Waals surface area contributed by atoms with Gasteiger partial charge in [0.1, 0.15) is 5.75 Å². The van der Waals surface area contributed by atoms with Crippen LogP contribution in [0.15, 0.2) is 66.2 Å². The van der Waals surface area contributed by atoms with Gasteiger partial charge in [0.05, 0.1) is 7.11 Å². The third kappa shape index (κ3) is 3.59. The summed E-state index contributed by atoms with van der Waals surface area (Å²) in [6.45, 7) is 2.70. The molecule has 1 aliphatic heterocycles. The van der Waals surface area contributed by atoms with Crippen molar-refractivity contribution in [1.82, 2.24) is 5.32 Å². The molecule has 28 heavy (non-hydrogen) atoms. The zero-order valence-electron chi connectivity index (χ0n) is 15.6. The number of esters is 1. The van der Waals surface area contributed by atoms with E-state index in [-0.39, 0.29) is 11.6 Å². The third-order valence-electron chi connectivity index (χ3n) is 4.28. The van der Waals surface area contributed by atoms with E-state index in [1.54, 1.807) is 54.6 Å². The van der Waals surface area contributed by atoms with Gasteiger partial charge in [-0.3, -0.25) is 19.7 Å². The first-order valence-electron chi connectivity index (χ1n) is 8.52. The van der Waals surface area contributed by atoms with Crippen molar-refractivity contribution in [2.24, 2.45) is 0 Å². The number of Topliss-reactive ketones (excluding diaryl/α,β-unsaturated/α-hetero) is 1. The van der Waals surface area contributed by atoms with Crippen molar-refractivity contribution in [3.8, 4) is 5.75 Å². The van der Waals surface area contributed by atoms with Crippen molar-refractivity contribution >= 4 is 17.7 Å². The minimum absolute atomic E-state index is 0.209. The molecule has 7 heteroatoms. The lowest BCUT2D eigenvalue weighted by Crippen LogP contribution is -2.32. The number of rotatable bonds is 5. The summed E-state index contributed by atoms with van der Waals surface area (Å²) >= 11 is 0. The Bertz CT molecular complexity index is 966. The first kappa shape index (κ1) is 19.2. The molecule has 0 saturated heterocycles. The van der Waals surface area contributed by atoms with Crippen molar-refractivity contribution in [1.29, 1.82) is 0 Å². The fourth-order valence-electron chi connectivity index (χ4n) is 2.81. The molecule has 0 spiro atoms. The van der Waals surface area contributed by atoms with E-state index in [0.717, 1.165) is 6.92 Å². The van der Waals surface area contributed by atoms with E-state index in [1.807, 2.05) is 0 Å². The maximum atomic E-state index is 13.0. The highest BCUT2D eigenvalue weighted by Gasteiger charge is 2.50. The van der Waals surface area contributed by atoms with E-state index in [2.05, 4.69) is 5.32 Å². The Hall–Kier alpha value is -3.61. The zero-order chi connectivity index (χ0) is 20.3. The van der Waals surface area contributed by atoms with Crippen LogP contribution in [0.4, 0.5) is 0 Å². The van der Waals surface area contributed by atoms with Crippen molar-refractivity contribution in [2.45, 2.75) is 19.4 Å². The van der Waals surface area contributed by atoms with E-state index < -0.39 is 23.3 Å². The molecule has 7 nitrogen and oxygen atoms in total. The highest BCUT2D eigenvalue weighted by molar-refractivity contribution is 6.05. The molecular weight excluding hydrogens is 362 g/mol. The van der Waals surface area contributed by atoms with Gasteiger partial charge in [-0.15, -0.1) is 0 Å². The molecule has 1 atom stereocenters. The van der Waals surface area contributed by atoms with Crippen LogP contribution in [0.25, 0.3) is 0 Å². The van der Waals surface area contributed by atoms with Gasteiger partial charge in [-0.25, -0.2) is 0 Å². The molecule has 0 bridgehead atoms. The fraction of sp³-hybridized carbons (Fsp3) is 0.190. The number of ketones is 1. The number of methoxy groups -OCH3 is 1. The molecule has 1 heterocycles. The van der Waals surface area contributed by atoms with Crippen LogP contribution in [0, 0.1) is 0 Å². The number of carbonyl (C=O) groups excluding carboxylic acids is 3. The Morgan fingerprint density at radius 3 is 2.43 bits per heavy atom. The molecule has 0 aromatic heterocycles. The Morgan fingerprint density at radius 1 is 1.07 bits per heavy atom. The van der Waals surface area contributed by atoms with Crippen LogP contribution >= 0.6 is 0 Å². The van der Waals surface area contributed by atoms with Crippen LogP contribution in [0.5, 0.6) is 5.75 Å². The monoisotopic (exact) mass is 381 g/mol. The Labute approximate surface area is 161 Å². The fourth-order valence-corrected chi connectivity index (χ4v) is 2.81. The standard InChI is InChI=1S/C21H19NO6/c1-13(23)27-17-18(24)21(2,15-10-7-11-16(12-15)26-3)28-20(17)22-19(25)14-8-5-4-6-9-14/h4-12H,1-3H3,(H,22,25). The van der Waals surface area contributed by atoms with E-state index in [9.17, 15) is 14.4 Å². The maximum absolute atomic E-state index is 13.0. The number of carbonyl (C=O) groups is 3. The zero-order valence-corrected chi connectivity index (χ0v) is 15.6. The SMILES string of the molecule is COc1cccc(C2(C)OC(NC(=O)c3ccccc3)=C(OC(C)=O)C2=O)c1. The quantitative estimate of drug-likeness (QED) is 0.801. The summed E-state index contributed by atoms with van der Waals surface area (Å²) in [6, 6.07) is 15.2. The van der Waals surface area contributed by atoms with Gasteiger partial charge in [0.25, 0.3) is 11.7 Å². The van der Waals surface area contributed by atoms with Crippen LogP contribution in [-0.2, 0) is 24.7 Å². The lowest BCUT2D eigenvalue weighted by atomic mass is 9.91. The van der Waals surface area contributed by atoms with E-state index in [4.69, 9.17) is 14.2 Å². The Kier molecular flexibility index (Phi) is 5.17. The molecule has 1 N–H and O–H groups in total. The average Bonchev–Trinajstić information content (AvgIpc) is 2.93. The third-order valence-corrected chi connectivity index (χ3v) is 4.28. The van der Waals surface area contributed by atoms with E-state index in [1.165, 1.54) is 14.0 Å². The van der Waals surface area contributed by atoms with Crippen molar-refractivity contribution in [3.05, 3.63) is 77.4 Å². The summed E-state index contributed by atoms with van der Waals surface area (Å²) in [7, 11) is 1.51. The van der Waals surface area contributed by atoms with E-state index >= 15 is 0 Å². The Morgan fingerprint density at radius 2 is 1.79 bits per heavy atom. The summed E-state index contributed by atoms with van der Waals surface area (Å²) in [5.74, 6) is -1.80. The number of amides is 1. The predicted octanol–water partition coefficient (Wildman–Crippen LogP) is 2.67. The predicted molar refractivity (Wildman–Crippen MR) is 99.1 cm³/mol. The molecule has 0 saturated carbocycles. The van der Waals surface area contributed by atoms with Gasteiger partial charge >= 0.3 is 5.97 Å². The van der Waals surface area contributed by atoms with Gasteiger partial charge in [0, 0.05) is 18.1 Å². The second kappa shape index (κ2) is 7.56. The van der Waals surface area contributed by atoms with Crippen LogP contribution in [0.2, 0.25) is 0 Å². The maximum Gasteiger partial charge on any atom is 0.308 e. The molecule has 3 rings (SSSR count). The molecular formula is C21H19NO6. The number of hydrogen-bond acceptors (Lipinski definition) is 6. The highest BCUT2D eigenvalue weighted by Crippen LogP contribution is 2.39. The van der Waals surface area contributed by atoms with Crippen LogP contribution in [0.1, 0.15) is 29.8 Å². The lowest BCUT2D eigenvalue weighted by molar-refractivity contribution is -0.142. The smallest absolute Gasteiger partial charge is 0.308 e. The first-order valence-corrected chi connectivity index (χ1v) is 8.52. The summed E-state index contributed by atoms with van der Waals surface area (Å²) in [4.78, 5) is 37.0. The average molecular weight is 381 g/mol. The van der Waals surface area contributed by atoms with Gasteiger partial charge < -0.3 is 14.2 Å². The van der Waals surface area contributed by atoms with Crippen LogP contribution < -0.4 is 10.1 Å². The van der Waals surface area contributed by atoms with Crippen LogP contribution in [-0.4, -0.2) is 24.8 Å². The summed E-state index contributed by atoms with van der Waals surface area (Å²) in [5.41, 5.74) is -0.632. The van der Waals surface area contributed by atoms with E-state index in [0.29, 0.717) is 16.9 Å². The number of hydrogen-bond donors (Lipinski definition) is 1. The summed E-state index contributed by atoms with van der Waals surface area (Å²) in [5, 5.41) is 2.52. The molecule has 0 aliphatic carbocycles. The summed E-state index contributed by atoms with van der Waals surface area (Å²) < 4.78 is 16.1. The molecule has 0 radical (unpaired) electrons. The van der Waals surface area contributed by atoms with Gasteiger partial charge in [0.2, 0.25) is 11.6 Å². The van der Waals surface area contributed by atoms with Gasteiger partial charge in [-0.05, 0) is 31.2 Å². The molecule has 2 aromatic carbocycles. The largest absolute Gasteiger partial charge is 0.497 e. The van der Waals surface area contributed by atoms with Crippen molar-refractivity contribution in [3.63, 3.8) is 0 Å². The molecule has 1 unspecified atom stereocenters. The minimum Gasteiger partial charge on any atom is -0.497 e. The van der Waals surface area contributed by atoms with Crippen molar-refractivity contribution < 1.29 is 28.6 Å². The normalized spacial score (nSPS) is 18.5. The second-order valence-corrected chi connectivity index (χ2v) is 6.27.